The number of halogens is 3. The molecular formula is C18H29F2IN4. The molecule has 4 nitrogen and oxygen atoms in total. The number of nitrogens with zero attached hydrogens (tertiary/aromatic N) is 2. The maximum Gasteiger partial charge on any atom is 0.191 e. The third-order valence-electron chi connectivity index (χ3n) is 4.43. The van der Waals surface area contributed by atoms with Gasteiger partial charge in [0, 0.05) is 19.1 Å². The number of aliphatic imine (C=N–C) groups is 1. The van der Waals surface area contributed by atoms with Gasteiger partial charge < -0.3 is 10.6 Å². The number of likely N-dealkylation sites (N-methyl/N-ethyl adjacent to an activating group) is 1. The summed E-state index contributed by atoms with van der Waals surface area (Å²) >= 11 is 0. The summed E-state index contributed by atoms with van der Waals surface area (Å²) in [7, 11) is 0. The minimum absolute atomic E-state index is 0. The molecule has 1 aliphatic heterocycles. The zero-order chi connectivity index (χ0) is 17.4. The first kappa shape index (κ1) is 22.1. The molecule has 1 unspecified atom stereocenters. The van der Waals surface area contributed by atoms with Crippen LogP contribution in [-0.4, -0.2) is 49.6 Å². The maximum atomic E-state index is 13.7. The number of nitrogens with one attached hydrogen (secondary N) is 2. The molecule has 2 rings (SSSR count). The van der Waals surface area contributed by atoms with Crippen molar-refractivity contribution in [2.75, 3.05) is 32.7 Å². The van der Waals surface area contributed by atoms with Crippen molar-refractivity contribution in [3.8, 4) is 0 Å². The zero-order valence-corrected chi connectivity index (χ0v) is 17.4. The van der Waals surface area contributed by atoms with E-state index in [4.69, 9.17) is 0 Å². The van der Waals surface area contributed by atoms with Crippen molar-refractivity contribution in [3.63, 3.8) is 0 Å². The summed E-state index contributed by atoms with van der Waals surface area (Å²) in [6, 6.07) is 4.79. The largest absolute Gasteiger partial charge is 0.357 e. The fourth-order valence-corrected chi connectivity index (χ4v) is 3.11. The van der Waals surface area contributed by atoms with Crippen LogP contribution in [0.25, 0.3) is 0 Å². The molecule has 0 spiro atoms. The molecule has 1 aliphatic rings. The predicted octanol–water partition coefficient (Wildman–Crippen LogP) is 3.16. The summed E-state index contributed by atoms with van der Waals surface area (Å²) in [6.07, 6.45) is 2.83. The SMILES string of the molecule is CCNC(=NCC1CCCN1CC)NCCc1cccc(F)c1F.I. The minimum atomic E-state index is -0.797. The summed E-state index contributed by atoms with van der Waals surface area (Å²) < 4.78 is 26.9. The highest BCUT2D eigenvalue weighted by Crippen LogP contribution is 2.16. The quantitative estimate of drug-likeness (QED) is 0.369. The normalized spacial score (nSPS) is 18.1. The number of benzene rings is 1. The Morgan fingerprint density at radius 2 is 2.08 bits per heavy atom. The molecule has 1 fully saturated rings. The van der Waals surface area contributed by atoms with E-state index in [2.05, 4.69) is 27.4 Å². The Hall–Kier alpha value is -0.960. The lowest BCUT2D eigenvalue weighted by atomic mass is 10.1. The van der Waals surface area contributed by atoms with Crippen LogP contribution in [0.5, 0.6) is 0 Å². The second-order valence-electron chi connectivity index (χ2n) is 6.03. The average Bonchev–Trinajstić information content (AvgIpc) is 3.04. The molecule has 0 bridgehead atoms. The van der Waals surface area contributed by atoms with Crippen molar-refractivity contribution in [2.24, 2.45) is 4.99 Å². The summed E-state index contributed by atoms with van der Waals surface area (Å²) in [5.74, 6) is -0.822. The van der Waals surface area contributed by atoms with Crippen molar-refractivity contribution in [2.45, 2.75) is 39.2 Å². The van der Waals surface area contributed by atoms with Gasteiger partial charge in [0.25, 0.3) is 0 Å². The lowest BCUT2D eigenvalue weighted by molar-refractivity contribution is 0.273. The molecule has 0 radical (unpaired) electrons. The van der Waals surface area contributed by atoms with Gasteiger partial charge in [-0.1, -0.05) is 19.1 Å². The molecule has 1 aromatic carbocycles. The number of likely N-dealkylation sites (tertiary alicyclic amines) is 1. The van der Waals surface area contributed by atoms with Crippen LogP contribution >= 0.6 is 24.0 Å². The maximum absolute atomic E-state index is 13.7. The van der Waals surface area contributed by atoms with E-state index in [0.29, 0.717) is 24.6 Å². The van der Waals surface area contributed by atoms with E-state index in [1.54, 1.807) is 6.07 Å². The van der Waals surface area contributed by atoms with Crippen LogP contribution in [0, 0.1) is 11.6 Å². The molecule has 1 aromatic rings. The summed E-state index contributed by atoms with van der Waals surface area (Å²) in [5, 5.41) is 6.41. The van der Waals surface area contributed by atoms with Crippen LogP contribution in [-0.2, 0) is 6.42 Å². The van der Waals surface area contributed by atoms with Crippen LogP contribution in [0.3, 0.4) is 0 Å². The number of rotatable bonds is 7. The molecule has 142 valence electrons. The minimum Gasteiger partial charge on any atom is -0.357 e. The topological polar surface area (TPSA) is 39.7 Å². The molecule has 0 aromatic heterocycles. The Morgan fingerprint density at radius 1 is 1.28 bits per heavy atom. The first-order valence-electron chi connectivity index (χ1n) is 8.84. The molecule has 1 saturated heterocycles. The highest BCUT2D eigenvalue weighted by Gasteiger charge is 2.22. The van der Waals surface area contributed by atoms with E-state index in [1.807, 2.05) is 6.92 Å². The van der Waals surface area contributed by atoms with Crippen LogP contribution in [0.4, 0.5) is 8.78 Å². The fraction of sp³-hybridized carbons (Fsp3) is 0.611. The summed E-state index contributed by atoms with van der Waals surface area (Å²) in [5.41, 5.74) is 0.381. The van der Waals surface area contributed by atoms with Crippen LogP contribution < -0.4 is 10.6 Å². The fourth-order valence-electron chi connectivity index (χ4n) is 3.11. The van der Waals surface area contributed by atoms with E-state index in [1.165, 1.54) is 18.9 Å². The van der Waals surface area contributed by atoms with Gasteiger partial charge in [0.1, 0.15) is 0 Å². The van der Waals surface area contributed by atoms with Crippen molar-refractivity contribution < 1.29 is 8.78 Å². The molecule has 7 heteroatoms. The van der Waals surface area contributed by atoms with E-state index >= 15 is 0 Å². The van der Waals surface area contributed by atoms with Crippen LogP contribution in [0.15, 0.2) is 23.2 Å². The van der Waals surface area contributed by atoms with E-state index < -0.39 is 11.6 Å². The molecule has 0 saturated carbocycles. The zero-order valence-electron chi connectivity index (χ0n) is 15.0. The molecule has 2 N–H and O–H groups in total. The van der Waals surface area contributed by atoms with Gasteiger partial charge in [0.2, 0.25) is 0 Å². The second-order valence-corrected chi connectivity index (χ2v) is 6.03. The number of hydrogen-bond acceptors (Lipinski definition) is 2. The van der Waals surface area contributed by atoms with Gasteiger partial charge in [-0.05, 0) is 50.9 Å². The number of guanidine groups is 1. The Morgan fingerprint density at radius 3 is 2.80 bits per heavy atom. The summed E-state index contributed by atoms with van der Waals surface area (Å²) in [6.45, 7) is 8.44. The predicted molar refractivity (Wildman–Crippen MR) is 110 cm³/mol. The Kier molecular flexibility index (Phi) is 10.3. The third kappa shape index (κ3) is 6.69. The third-order valence-corrected chi connectivity index (χ3v) is 4.43. The molecule has 25 heavy (non-hydrogen) atoms. The highest BCUT2D eigenvalue weighted by atomic mass is 127. The van der Waals surface area contributed by atoms with Gasteiger partial charge >= 0.3 is 0 Å². The lowest BCUT2D eigenvalue weighted by Crippen LogP contribution is -2.40. The Labute approximate surface area is 166 Å². The average molecular weight is 466 g/mol. The Bertz CT molecular complexity index is 554. The van der Waals surface area contributed by atoms with Crippen LogP contribution in [0.1, 0.15) is 32.3 Å². The van der Waals surface area contributed by atoms with Crippen molar-refractivity contribution in [1.29, 1.82) is 0 Å². The lowest BCUT2D eigenvalue weighted by Gasteiger charge is -2.21. The molecule has 1 atom stereocenters. The smallest absolute Gasteiger partial charge is 0.191 e. The second kappa shape index (κ2) is 11.6. The van der Waals surface area contributed by atoms with Gasteiger partial charge in [-0.3, -0.25) is 9.89 Å². The molecule has 0 aliphatic carbocycles. The van der Waals surface area contributed by atoms with Crippen molar-refractivity contribution >= 4 is 29.9 Å². The first-order valence-corrected chi connectivity index (χ1v) is 8.84. The number of hydrogen-bond donors (Lipinski definition) is 2. The van der Waals surface area contributed by atoms with Gasteiger partial charge in [0.15, 0.2) is 17.6 Å². The van der Waals surface area contributed by atoms with Gasteiger partial charge in [0.05, 0.1) is 6.54 Å². The standard InChI is InChI=1S/C18H28F2N4.HI/c1-3-21-18(23-13-15-8-6-12-24(15)4-2)22-11-10-14-7-5-9-16(19)17(14)20;/h5,7,9,15H,3-4,6,8,10-13H2,1-2H3,(H2,21,22,23);1H. The molecular weight excluding hydrogens is 437 g/mol. The van der Waals surface area contributed by atoms with Crippen molar-refractivity contribution in [1.82, 2.24) is 15.5 Å². The van der Waals surface area contributed by atoms with E-state index in [9.17, 15) is 8.78 Å². The molecule has 1 heterocycles. The van der Waals surface area contributed by atoms with Gasteiger partial charge in [-0.15, -0.1) is 24.0 Å². The van der Waals surface area contributed by atoms with E-state index in [-0.39, 0.29) is 24.0 Å². The summed E-state index contributed by atoms with van der Waals surface area (Å²) in [4.78, 5) is 7.10. The molecule has 0 amide bonds. The Balaban J connectivity index is 0.00000312. The van der Waals surface area contributed by atoms with Gasteiger partial charge in [-0.25, -0.2) is 8.78 Å². The monoisotopic (exact) mass is 466 g/mol. The van der Waals surface area contributed by atoms with E-state index in [0.717, 1.165) is 38.2 Å². The van der Waals surface area contributed by atoms with Crippen LogP contribution in [0.2, 0.25) is 0 Å². The highest BCUT2D eigenvalue weighted by molar-refractivity contribution is 14.0. The first-order chi connectivity index (χ1) is 11.7. The van der Waals surface area contributed by atoms with Gasteiger partial charge in [-0.2, -0.15) is 0 Å². The van der Waals surface area contributed by atoms with Crippen molar-refractivity contribution in [3.05, 3.63) is 35.4 Å².